The largest absolute Gasteiger partial charge is 0.327 e. The van der Waals surface area contributed by atoms with Crippen molar-refractivity contribution in [2.24, 2.45) is 0 Å². The lowest BCUT2D eigenvalue weighted by Crippen LogP contribution is -2.40. The van der Waals surface area contributed by atoms with E-state index in [0.717, 1.165) is 19.3 Å². The highest BCUT2D eigenvalue weighted by Crippen LogP contribution is 2.28. The Morgan fingerprint density at radius 2 is 2.25 bits per heavy atom. The summed E-state index contributed by atoms with van der Waals surface area (Å²) in [6.45, 7) is 2.53. The van der Waals surface area contributed by atoms with Crippen LogP contribution in [0.25, 0.3) is 0 Å². The lowest BCUT2D eigenvalue weighted by molar-refractivity contribution is -0.130. The Morgan fingerprint density at radius 1 is 1.50 bits per heavy atom. The summed E-state index contributed by atoms with van der Waals surface area (Å²) >= 11 is 0. The first-order valence-electron chi connectivity index (χ1n) is 5.74. The first-order chi connectivity index (χ1) is 7.66. The summed E-state index contributed by atoms with van der Waals surface area (Å²) in [4.78, 5) is 27.1. The van der Waals surface area contributed by atoms with Crippen molar-refractivity contribution in [1.82, 2.24) is 9.80 Å². The van der Waals surface area contributed by atoms with Crippen LogP contribution in [0.3, 0.4) is 0 Å². The number of rotatable bonds is 2. The molecule has 0 aromatic carbocycles. The third kappa shape index (κ3) is 1.57. The molecule has 0 unspecified atom stereocenters. The topological polar surface area (TPSA) is 40.6 Å². The molecule has 3 amide bonds. The van der Waals surface area contributed by atoms with Crippen LogP contribution >= 0.6 is 0 Å². The molecule has 2 fully saturated rings. The number of amides is 3. The number of hydrogen-bond acceptors (Lipinski definition) is 2. The quantitative estimate of drug-likeness (QED) is 0.518. The molecule has 16 heavy (non-hydrogen) atoms. The third-order valence-electron chi connectivity index (χ3n) is 3.33. The standard InChI is InChI=1S/C12H16N2O2/c1-3-6-9(2)14-11(15)10-7-4-5-8-13(10)12(14)16/h1,9-10H,4-8H2,2H3/t9-,10+/m1/s1. The van der Waals surface area contributed by atoms with E-state index < -0.39 is 0 Å². The number of piperidine rings is 1. The van der Waals surface area contributed by atoms with Crippen LogP contribution in [-0.4, -0.2) is 40.4 Å². The summed E-state index contributed by atoms with van der Waals surface area (Å²) in [5.41, 5.74) is 0. The summed E-state index contributed by atoms with van der Waals surface area (Å²) < 4.78 is 0. The molecule has 2 saturated heterocycles. The normalized spacial score (nSPS) is 26.6. The highest BCUT2D eigenvalue weighted by atomic mass is 16.2. The van der Waals surface area contributed by atoms with Crippen molar-refractivity contribution in [3.05, 3.63) is 0 Å². The molecule has 4 nitrogen and oxygen atoms in total. The Hall–Kier alpha value is -1.50. The van der Waals surface area contributed by atoms with E-state index in [-0.39, 0.29) is 24.0 Å². The minimum Gasteiger partial charge on any atom is -0.312 e. The van der Waals surface area contributed by atoms with E-state index >= 15 is 0 Å². The molecule has 2 heterocycles. The van der Waals surface area contributed by atoms with Crippen molar-refractivity contribution in [2.45, 2.75) is 44.7 Å². The minimum atomic E-state index is -0.221. The van der Waals surface area contributed by atoms with Crippen LogP contribution in [0.4, 0.5) is 4.79 Å². The van der Waals surface area contributed by atoms with Gasteiger partial charge in [0.1, 0.15) is 6.04 Å². The predicted octanol–water partition coefficient (Wildman–Crippen LogP) is 1.21. The third-order valence-corrected chi connectivity index (χ3v) is 3.33. The first-order valence-corrected chi connectivity index (χ1v) is 5.74. The number of nitrogens with zero attached hydrogens (tertiary/aromatic N) is 2. The second-order valence-corrected chi connectivity index (χ2v) is 4.45. The molecule has 86 valence electrons. The molecule has 0 saturated carbocycles. The van der Waals surface area contributed by atoms with Crippen LogP contribution in [0.2, 0.25) is 0 Å². The molecular weight excluding hydrogens is 204 g/mol. The number of fused-ring (bicyclic) bond motifs is 1. The number of carbonyl (C=O) groups excluding carboxylic acids is 2. The molecule has 0 aromatic heterocycles. The number of urea groups is 1. The van der Waals surface area contributed by atoms with Crippen LogP contribution in [0.5, 0.6) is 0 Å². The van der Waals surface area contributed by atoms with Gasteiger partial charge >= 0.3 is 6.03 Å². The Balaban J connectivity index is 2.19. The fourth-order valence-corrected chi connectivity index (χ4v) is 2.48. The second-order valence-electron chi connectivity index (χ2n) is 4.45. The summed E-state index contributed by atoms with van der Waals surface area (Å²) in [5, 5.41) is 0. The highest BCUT2D eigenvalue weighted by Gasteiger charge is 2.47. The molecule has 0 N–H and O–H groups in total. The second kappa shape index (κ2) is 4.17. The Kier molecular flexibility index (Phi) is 2.86. The van der Waals surface area contributed by atoms with Crippen LogP contribution in [0.1, 0.15) is 32.6 Å². The molecular formula is C12H16N2O2. The van der Waals surface area contributed by atoms with E-state index in [4.69, 9.17) is 6.42 Å². The van der Waals surface area contributed by atoms with Gasteiger partial charge in [0, 0.05) is 19.0 Å². The molecule has 2 aliphatic rings. The fourth-order valence-electron chi connectivity index (χ4n) is 2.48. The molecule has 2 atom stereocenters. The zero-order chi connectivity index (χ0) is 11.7. The van der Waals surface area contributed by atoms with Gasteiger partial charge in [-0.3, -0.25) is 9.69 Å². The summed E-state index contributed by atoms with van der Waals surface area (Å²) in [6, 6.07) is -0.561. The van der Waals surface area contributed by atoms with Gasteiger partial charge in [-0.15, -0.1) is 12.3 Å². The van der Waals surface area contributed by atoms with Gasteiger partial charge < -0.3 is 4.90 Å². The Bertz CT molecular complexity index is 335. The van der Waals surface area contributed by atoms with Gasteiger partial charge in [0.25, 0.3) is 5.91 Å². The number of hydrogen-bond donors (Lipinski definition) is 0. The van der Waals surface area contributed by atoms with E-state index in [1.54, 1.807) is 4.90 Å². The van der Waals surface area contributed by atoms with Gasteiger partial charge in [0.05, 0.1) is 0 Å². The average Bonchev–Trinajstić information content (AvgIpc) is 2.53. The first kappa shape index (κ1) is 11.0. The van der Waals surface area contributed by atoms with Crippen molar-refractivity contribution in [3.8, 4) is 12.3 Å². The van der Waals surface area contributed by atoms with Gasteiger partial charge in [-0.25, -0.2) is 4.79 Å². The van der Waals surface area contributed by atoms with Crippen LogP contribution < -0.4 is 0 Å². The maximum atomic E-state index is 12.1. The van der Waals surface area contributed by atoms with E-state index in [2.05, 4.69) is 5.92 Å². The maximum absolute atomic E-state index is 12.1. The van der Waals surface area contributed by atoms with E-state index in [9.17, 15) is 9.59 Å². The lowest BCUT2D eigenvalue weighted by Gasteiger charge is -2.26. The Morgan fingerprint density at radius 3 is 2.88 bits per heavy atom. The summed E-state index contributed by atoms with van der Waals surface area (Å²) in [6.07, 6.45) is 8.46. The van der Waals surface area contributed by atoms with Crippen molar-refractivity contribution in [3.63, 3.8) is 0 Å². The van der Waals surface area contributed by atoms with Crippen molar-refractivity contribution < 1.29 is 9.59 Å². The Labute approximate surface area is 95.6 Å². The van der Waals surface area contributed by atoms with E-state index in [1.807, 2.05) is 6.92 Å². The maximum Gasteiger partial charge on any atom is 0.327 e. The number of terminal acetylenes is 1. The van der Waals surface area contributed by atoms with Crippen LogP contribution in [-0.2, 0) is 4.79 Å². The SMILES string of the molecule is C#CC[C@@H](C)N1C(=O)[C@@H]2CCCCN2C1=O. The van der Waals surface area contributed by atoms with Gasteiger partial charge in [-0.1, -0.05) is 0 Å². The van der Waals surface area contributed by atoms with Crippen molar-refractivity contribution >= 4 is 11.9 Å². The van der Waals surface area contributed by atoms with Gasteiger partial charge in [-0.05, 0) is 26.2 Å². The van der Waals surface area contributed by atoms with E-state index in [0.29, 0.717) is 13.0 Å². The molecule has 2 rings (SSSR count). The molecule has 2 aliphatic heterocycles. The van der Waals surface area contributed by atoms with Crippen LogP contribution in [0, 0.1) is 12.3 Å². The van der Waals surface area contributed by atoms with Gasteiger partial charge in [0.2, 0.25) is 0 Å². The zero-order valence-corrected chi connectivity index (χ0v) is 9.48. The highest BCUT2D eigenvalue weighted by molar-refractivity contribution is 6.04. The molecule has 0 bridgehead atoms. The zero-order valence-electron chi connectivity index (χ0n) is 9.48. The molecule has 0 radical (unpaired) electrons. The minimum absolute atomic E-state index is 0.0625. The fraction of sp³-hybridized carbons (Fsp3) is 0.667. The molecule has 0 aliphatic carbocycles. The van der Waals surface area contributed by atoms with Crippen molar-refractivity contribution in [1.29, 1.82) is 0 Å². The monoisotopic (exact) mass is 220 g/mol. The number of imide groups is 1. The average molecular weight is 220 g/mol. The van der Waals surface area contributed by atoms with Crippen molar-refractivity contribution in [2.75, 3.05) is 6.54 Å². The van der Waals surface area contributed by atoms with E-state index in [1.165, 1.54) is 4.90 Å². The molecule has 4 heteroatoms. The smallest absolute Gasteiger partial charge is 0.312 e. The van der Waals surface area contributed by atoms with Gasteiger partial charge in [0.15, 0.2) is 0 Å². The molecule has 0 aromatic rings. The van der Waals surface area contributed by atoms with Gasteiger partial charge in [-0.2, -0.15) is 0 Å². The number of carbonyl (C=O) groups is 2. The summed E-state index contributed by atoms with van der Waals surface area (Å²) in [7, 11) is 0. The predicted molar refractivity (Wildman–Crippen MR) is 59.5 cm³/mol. The van der Waals surface area contributed by atoms with Crippen LogP contribution in [0.15, 0.2) is 0 Å². The molecule has 0 spiro atoms. The summed E-state index contributed by atoms with van der Waals surface area (Å²) in [5.74, 6) is 2.44. The lowest BCUT2D eigenvalue weighted by atomic mass is 10.0.